The molecule has 1 amide bonds. The van der Waals surface area contributed by atoms with Crippen molar-refractivity contribution in [1.29, 1.82) is 0 Å². The summed E-state index contributed by atoms with van der Waals surface area (Å²) < 4.78 is 0. The Hall–Kier alpha value is -1.55. The van der Waals surface area contributed by atoms with E-state index in [1.165, 1.54) is 0 Å². The lowest BCUT2D eigenvalue weighted by Gasteiger charge is -2.27. The summed E-state index contributed by atoms with van der Waals surface area (Å²) >= 11 is 0. The van der Waals surface area contributed by atoms with Gasteiger partial charge in [0.1, 0.15) is 0 Å². The molecule has 1 aromatic rings. The number of benzene rings is 1. The quantitative estimate of drug-likeness (QED) is 0.854. The second-order valence-corrected chi connectivity index (χ2v) is 5.64. The molecular formula is C15H24N2O2. The average Bonchev–Trinajstić information content (AvgIpc) is 2.36. The van der Waals surface area contributed by atoms with Gasteiger partial charge in [-0.25, -0.2) is 0 Å². The molecule has 4 nitrogen and oxygen atoms in total. The number of carbonyl (C=O) groups is 1. The Morgan fingerprint density at radius 2 is 2.05 bits per heavy atom. The molecule has 1 aromatic carbocycles. The summed E-state index contributed by atoms with van der Waals surface area (Å²) in [5.41, 5.74) is 0.684. The summed E-state index contributed by atoms with van der Waals surface area (Å²) in [7, 11) is 3.86. The number of hydrogen-bond acceptors (Lipinski definition) is 3. The van der Waals surface area contributed by atoms with Crippen molar-refractivity contribution < 1.29 is 9.90 Å². The number of carbonyl (C=O) groups excluding carboxylic acids is 1. The number of nitrogens with one attached hydrogen (secondary N) is 1. The Bertz CT molecular complexity index is 440. The van der Waals surface area contributed by atoms with Crippen molar-refractivity contribution in [3.63, 3.8) is 0 Å². The number of nitrogens with zero attached hydrogens (tertiary/aromatic N) is 1. The van der Waals surface area contributed by atoms with Gasteiger partial charge in [0.2, 0.25) is 0 Å². The fraction of sp³-hybridized carbons (Fsp3) is 0.533. The smallest absolute Gasteiger partial charge is 0.251 e. The van der Waals surface area contributed by atoms with E-state index in [0.717, 1.165) is 5.69 Å². The van der Waals surface area contributed by atoms with Crippen LogP contribution in [0.4, 0.5) is 5.69 Å². The Morgan fingerprint density at radius 1 is 1.42 bits per heavy atom. The highest BCUT2D eigenvalue weighted by Gasteiger charge is 2.25. The van der Waals surface area contributed by atoms with Crippen molar-refractivity contribution in [2.45, 2.75) is 26.4 Å². The molecule has 19 heavy (non-hydrogen) atoms. The Balaban J connectivity index is 2.71. The highest BCUT2D eigenvalue weighted by Crippen LogP contribution is 2.16. The zero-order valence-electron chi connectivity index (χ0n) is 12.4. The first-order valence-corrected chi connectivity index (χ1v) is 6.52. The van der Waals surface area contributed by atoms with E-state index in [0.29, 0.717) is 5.56 Å². The van der Waals surface area contributed by atoms with Gasteiger partial charge in [-0.3, -0.25) is 4.79 Å². The van der Waals surface area contributed by atoms with Gasteiger partial charge in [0.25, 0.3) is 5.91 Å². The van der Waals surface area contributed by atoms with Gasteiger partial charge in [-0.05, 0) is 31.0 Å². The van der Waals surface area contributed by atoms with Crippen LogP contribution in [0.15, 0.2) is 24.3 Å². The molecule has 106 valence electrons. The largest absolute Gasteiger partial charge is 0.388 e. The zero-order valence-corrected chi connectivity index (χ0v) is 12.4. The minimum Gasteiger partial charge on any atom is -0.388 e. The molecule has 0 aliphatic rings. The summed E-state index contributed by atoms with van der Waals surface area (Å²) in [4.78, 5) is 14.0. The Labute approximate surface area is 115 Å². The van der Waals surface area contributed by atoms with E-state index in [2.05, 4.69) is 5.32 Å². The monoisotopic (exact) mass is 264 g/mol. The summed E-state index contributed by atoms with van der Waals surface area (Å²) in [6.45, 7) is 5.83. The first kappa shape index (κ1) is 15.5. The standard InChI is InChI=1S/C15H24N2O2/c1-11(2)15(3,19)10-16-14(18)12-7-6-8-13(9-12)17(4)5/h6-9,11,19H,10H2,1-5H3,(H,16,18). The van der Waals surface area contributed by atoms with Gasteiger partial charge in [0.05, 0.1) is 5.60 Å². The molecule has 0 spiro atoms. The van der Waals surface area contributed by atoms with Gasteiger partial charge in [-0.15, -0.1) is 0 Å². The molecule has 0 aliphatic heterocycles. The molecule has 0 aromatic heterocycles. The molecule has 0 fully saturated rings. The van der Waals surface area contributed by atoms with Crippen molar-refractivity contribution in [2.75, 3.05) is 25.5 Å². The van der Waals surface area contributed by atoms with Gasteiger partial charge in [0, 0.05) is 31.9 Å². The van der Waals surface area contributed by atoms with Crippen LogP contribution in [-0.4, -0.2) is 37.3 Å². The molecule has 0 heterocycles. The average molecular weight is 264 g/mol. The van der Waals surface area contributed by atoms with Crippen LogP contribution in [0.25, 0.3) is 0 Å². The van der Waals surface area contributed by atoms with Crippen molar-refractivity contribution in [3.8, 4) is 0 Å². The van der Waals surface area contributed by atoms with Crippen LogP contribution < -0.4 is 10.2 Å². The fourth-order valence-corrected chi connectivity index (χ4v) is 1.49. The minimum absolute atomic E-state index is 0.0842. The predicted molar refractivity (Wildman–Crippen MR) is 78.6 cm³/mol. The van der Waals surface area contributed by atoms with Gasteiger partial charge in [-0.2, -0.15) is 0 Å². The van der Waals surface area contributed by atoms with E-state index >= 15 is 0 Å². The first-order chi connectivity index (χ1) is 8.74. The summed E-state index contributed by atoms with van der Waals surface area (Å²) in [6, 6.07) is 7.40. The summed E-state index contributed by atoms with van der Waals surface area (Å²) in [6.07, 6.45) is 0. The van der Waals surface area contributed by atoms with E-state index in [1.807, 2.05) is 51.0 Å². The van der Waals surface area contributed by atoms with E-state index in [4.69, 9.17) is 0 Å². The molecular weight excluding hydrogens is 240 g/mol. The molecule has 0 radical (unpaired) electrons. The molecule has 4 heteroatoms. The van der Waals surface area contributed by atoms with Gasteiger partial charge < -0.3 is 15.3 Å². The highest BCUT2D eigenvalue weighted by atomic mass is 16.3. The SMILES string of the molecule is CC(C)C(C)(O)CNC(=O)c1cccc(N(C)C)c1. The van der Waals surface area contributed by atoms with Crippen LogP contribution in [0.1, 0.15) is 31.1 Å². The zero-order chi connectivity index (χ0) is 14.6. The van der Waals surface area contributed by atoms with E-state index in [1.54, 1.807) is 13.0 Å². The lowest BCUT2D eigenvalue weighted by molar-refractivity contribution is 0.0142. The van der Waals surface area contributed by atoms with Crippen molar-refractivity contribution >= 4 is 11.6 Å². The second-order valence-electron chi connectivity index (χ2n) is 5.64. The van der Waals surface area contributed by atoms with Crippen LogP contribution in [-0.2, 0) is 0 Å². The third-order valence-electron chi connectivity index (χ3n) is 3.48. The Morgan fingerprint density at radius 3 is 2.58 bits per heavy atom. The number of hydrogen-bond donors (Lipinski definition) is 2. The van der Waals surface area contributed by atoms with Gasteiger partial charge in [-0.1, -0.05) is 19.9 Å². The fourth-order valence-electron chi connectivity index (χ4n) is 1.49. The molecule has 1 unspecified atom stereocenters. The van der Waals surface area contributed by atoms with E-state index in [9.17, 15) is 9.90 Å². The lowest BCUT2D eigenvalue weighted by Crippen LogP contribution is -2.44. The second kappa shape index (κ2) is 6.06. The van der Waals surface area contributed by atoms with Crippen LogP contribution in [0.3, 0.4) is 0 Å². The van der Waals surface area contributed by atoms with Crippen LogP contribution >= 0.6 is 0 Å². The van der Waals surface area contributed by atoms with Crippen LogP contribution in [0.5, 0.6) is 0 Å². The summed E-state index contributed by atoms with van der Waals surface area (Å²) in [5.74, 6) is -0.0782. The van der Waals surface area contributed by atoms with Crippen molar-refractivity contribution in [2.24, 2.45) is 5.92 Å². The van der Waals surface area contributed by atoms with E-state index in [-0.39, 0.29) is 18.4 Å². The minimum atomic E-state index is -0.894. The number of rotatable bonds is 5. The molecule has 1 atom stereocenters. The lowest BCUT2D eigenvalue weighted by atomic mass is 9.92. The number of anilines is 1. The predicted octanol–water partition coefficient (Wildman–Crippen LogP) is 1.89. The maximum absolute atomic E-state index is 12.0. The number of amides is 1. The molecule has 2 N–H and O–H groups in total. The van der Waals surface area contributed by atoms with Crippen LogP contribution in [0, 0.1) is 5.92 Å². The van der Waals surface area contributed by atoms with Crippen molar-refractivity contribution in [1.82, 2.24) is 5.32 Å². The van der Waals surface area contributed by atoms with E-state index < -0.39 is 5.60 Å². The molecule has 0 saturated heterocycles. The molecule has 0 aliphatic carbocycles. The first-order valence-electron chi connectivity index (χ1n) is 6.52. The van der Waals surface area contributed by atoms with Gasteiger partial charge >= 0.3 is 0 Å². The van der Waals surface area contributed by atoms with Crippen molar-refractivity contribution in [3.05, 3.63) is 29.8 Å². The third-order valence-corrected chi connectivity index (χ3v) is 3.48. The maximum atomic E-state index is 12.0. The molecule has 0 bridgehead atoms. The molecule has 0 saturated carbocycles. The van der Waals surface area contributed by atoms with Gasteiger partial charge in [0.15, 0.2) is 0 Å². The normalized spacial score (nSPS) is 14.1. The third kappa shape index (κ3) is 4.24. The van der Waals surface area contributed by atoms with Crippen LogP contribution in [0.2, 0.25) is 0 Å². The topological polar surface area (TPSA) is 52.6 Å². The number of aliphatic hydroxyl groups is 1. The maximum Gasteiger partial charge on any atom is 0.251 e. The molecule has 1 rings (SSSR count). The Kier molecular flexibility index (Phi) is 4.95. The highest BCUT2D eigenvalue weighted by molar-refractivity contribution is 5.95. The summed E-state index contributed by atoms with van der Waals surface area (Å²) in [5, 5.41) is 12.9.